The molecule has 1 heterocycles. The molecular formula is C16H32N2O. The van der Waals surface area contributed by atoms with Gasteiger partial charge < -0.3 is 4.74 Å². The van der Waals surface area contributed by atoms with Crippen molar-refractivity contribution in [2.45, 2.75) is 77.2 Å². The smallest absolute Gasteiger partial charge is 0.0704 e. The summed E-state index contributed by atoms with van der Waals surface area (Å²) in [6.07, 6.45) is 15.3. The molecule has 112 valence electrons. The highest BCUT2D eigenvalue weighted by Gasteiger charge is 2.22. The molecule has 1 aliphatic rings. The molecule has 0 amide bonds. The molecule has 0 radical (unpaired) electrons. The second kappa shape index (κ2) is 11.3. The largest absolute Gasteiger partial charge is 0.382 e. The fourth-order valence-electron chi connectivity index (χ4n) is 2.69. The number of rotatable bonds is 11. The molecule has 0 spiro atoms. The summed E-state index contributed by atoms with van der Waals surface area (Å²) < 4.78 is 5.23. The Balaban J connectivity index is 1.97. The highest BCUT2D eigenvalue weighted by atomic mass is 16.5. The standard InChI is InChI=1S/C16H32N2O/c1-3-4-5-6-7-8-9-10-13-17-18-14-11-12-16(18)15-19-2/h13,16H,3-12,14-15H2,1-2H3/b17-13+. The van der Waals surface area contributed by atoms with Crippen LogP contribution in [-0.2, 0) is 4.74 Å². The molecule has 0 aromatic carbocycles. The van der Waals surface area contributed by atoms with Gasteiger partial charge in [0.15, 0.2) is 0 Å². The van der Waals surface area contributed by atoms with E-state index in [0.717, 1.165) is 19.6 Å². The van der Waals surface area contributed by atoms with Crippen molar-refractivity contribution < 1.29 is 4.74 Å². The second-order valence-electron chi connectivity index (χ2n) is 5.62. The fourth-order valence-corrected chi connectivity index (χ4v) is 2.69. The minimum atomic E-state index is 0.510. The summed E-state index contributed by atoms with van der Waals surface area (Å²) in [6.45, 7) is 4.18. The predicted molar refractivity (Wildman–Crippen MR) is 82.7 cm³/mol. The van der Waals surface area contributed by atoms with Crippen molar-refractivity contribution >= 4 is 6.21 Å². The molecule has 1 fully saturated rings. The molecule has 1 atom stereocenters. The summed E-state index contributed by atoms with van der Waals surface area (Å²) in [5, 5.41) is 6.81. The van der Waals surface area contributed by atoms with Gasteiger partial charge in [-0.05, 0) is 25.7 Å². The Morgan fingerprint density at radius 2 is 1.89 bits per heavy atom. The number of hydrogen-bond acceptors (Lipinski definition) is 3. The lowest BCUT2D eigenvalue weighted by molar-refractivity contribution is 0.118. The van der Waals surface area contributed by atoms with Crippen LogP contribution in [-0.4, -0.2) is 37.5 Å². The SMILES string of the molecule is CCCCCCCCC/C=N/N1CCCC1COC. The number of hydrazone groups is 1. The van der Waals surface area contributed by atoms with Gasteiger partial charge in [-0.25, -0.2) is 0 Å². The molecule has 19 heavy (non-hydrogen) atoms. The summed E-state index contributed by atoms with van der Waals surface area (Å²) in [5.41, 5.74) is 0. The van der Waals surface area contributed by atoms with Crippen LogP contribution in [0.3, 0.4) is 0 Å². The van der Waals surface area contributed by atoms with E-state index in [1.54, 1.807) is 7.11 Å². The van der Waals surface area contributed by atoms with Gasteiger partial charge in [-0.2, -0.15) is 5.10 Å². The first-order valence-electron chi connectivity index (χ1n) is 8.16. The molecule has 3 nitrogen and oxygen atoms in total. The van der Waals surface area contributed by atoms with Gasteiger partial charge in [-0.3, -0.25) is 5.01 Å². The van der Waals surface area contributed by atoms with Crippen LogP contribution < -0.4 is 0 Å². The maximum absolute atomic E-state index is 5.23. The second-order valence-corrected chi connectivity index (χ2v) is 5.62. The summed E-state index contributed by atoms with van der Waals surface area (Å²) in [4.78, 5) is 0. The van der Waals surface area contributed by atoms with E-state index < -0.39 is 0 Å². The lowest BCUT2D eigenvalue weighted by atomic mass is 10.1. The van der Waals surface area contributed by atoms with Gasteiger partial charge in [0, 0.05) is 19.9 Å². The van der Waals surface area contributed by atoms with Gasteiger partial charge in [-0.1, -0.05) is 45.4 Å². The number of methoxy groups -OCH3 is 1. The monoisotopic (exact) mass is 268 g/mol. The Bertz CT molecular complexity index is 231. The van der Waals surface area contributed by atoms with Crippen molar-refractivity contribution in [2.24, 2.45) is 5.10 Å². The first-order valence-corrected chi connectivity index (χ1v) is 8.16. The predicted octanol–water partition coefficient (Wildman–Crippen LogP) is 4.22. The quantitative estimate of drug-likeness (QED) is 0.414. The van der Waals surface area contributed by atoms with Crippen LogP contribution >= 0.6 is 0 Å². The van der Waals surface area contributed by atoms with E-state index in [9.17, 15) is 0 Å². The molecule has 1 saturated heterocycles. The van der Waals surface area contributed by atoms with Gasteiger partial charge in [0.05, 0.1) is 12.6 Å². The summed E-state index contributed by atoms with van der Waals surface area (Å²) >= 11 is 0. The number of nitrogens with zero attached hydrogens (tertiary/aromatic N) is 2. The molecule has 0 aliphatic carbocycles. The first kappa shape index (κ1) is 16.5. The summed E-state index contributed by atoms with van der Waals surface area (Å²) in [5.74, 6) is 0. The van der Waals surface area contributed by atoms with E-state index in [2.05, 4.69) is 23.2 Å². The minimum absolute atomic E-state index is 0.510. The molecule has 0 saturated carbocycles. The van der Waals surface area contributed by atoms with Gasteiger partial charge >= 0.3 is 0 Å². The van der Waals surface area contributed by atoms with E-state index in [0.29, 0.717) is 6.04 Å². The maximum Gasteiger partial charge on any atom is 0.0704 e. The zero-order chi connectivity index (χ0) is 13.8. The van der Waals surface area contributed by atoms with Gasteiger partial charge in [0.1, 0.15) is 0 Å². The van der Waals surface area contributed by atoms with E-state index >= 15 is 0 Å². The number of hydrogen-bond donors (Lipinski definition) is 0. The Morgan fingerprint density at radius 3 is 2.63 bits per heavy atom. The maximum atomic E-state index is 5.23. The molecule has 0 aromatic rings. The van der Waals surface area contributed by atoms with Crippen LogP contribution in [0.15, 0.2) is 5.10 Å². The van der Waals surface area contributed by atoms with Crippen LogP contribution in [0.2, 0.25) is 0 Å². The van der Waals surface area contributed by atoms with Crippen LogP contribution in [0.5, 0.6) is 0 Å². The first-order chi connectivity index (χ1) is 9.38. The normalized spacial score (nSPS) is 19.7. The number of ether oxygens (including phenoxy) is 1. The molecular weight excluding hydrogens is 236 g/mol. The average Bonchev–Trinajstić information content (AvgIpc) is 2.85. The summed E-state index contributed by atoms with van der Waals surface area (Å²) in [7, 11) is 1.78. The number of unbranched alkanes of at least 4 members (excludes halogenated alkanes) is 7. The Morgan fingerprint density at radius 1 is 1.16 bits per heavy atom. The molecule has 1 unspecified atom stereocenters. The fraction of sp³-hybridized carbons (Fsp3) is 0.938. The molecule has 1 rings (SSSR count). The minimum Gasteiger partial charge on any atom is -0.382 e. The summed E-state index contributed by atoms with van der Waals surface area (Å²) in [6, 6.07) is 0.510. The lowest BCUT2D eigenvalue weighted by Gasteiger charge is -2.20. The van der Waals surface area contributed by atoms with E-state index in [4.69, 9.17) is 4.74 Å². The van der Waals surface area contributed by atoms with Crippen LogP contribution in [0.1, 0.15) is 71.1 Å². The topological polar surface area (TPSA) is 24.8 Å². The van der Waals surface area contributed by atoms with Crippen molar-refractivity contribution in [1.82, 2.24) is 5.01 Å². The zero-order valence-corrected chi connectivity index (χ0v) is 12.9. The average molecular weight is 268 g/mol. The van der Waals surface area contributed by atoms with Gasteiger partial charge in [0.2, 0.25) is 0 Å². The van der Waals surface area contributed by atoms with Gasteiger partial charge in [-0.15, -0.1) is 0 Å². The molecule has 0 N–H and O–H groups in total. The van der Waals surface area contributed by atoms with Crippen molar-refractivity contribution in [1.29, 1.82) is 0 Å². The lowest BCUT2D eigenvalue weighted by Crippen LogP contribution is -2.28. The van der Waals surface area contributed by atoms with E-state index in [1.807, 2.05) is 0 Å². The van der Waals surface area contributed by atoms with Crippen molar-refractivity contribution in [3.05, 3.63) is 0 Å². The van der Waals surface area contributed by atoms with Crippen LogP contribution in [0, 0.1) is 0 Å². The molecule has 3 heteroatoms. The zero-order valence-electron chi connectivity index (χ0n) is 12.9. The third kappa shape index (κ3) is 7.56. The van der Waals surface area contributed by atoms with Gasteiger partial charge in [0.25, 0.3) is 0 Å². The van der Waals surface area contributed by atoms with E-state index in [-0.39, 0.29) is 0 Å². The third-order valence-corrected chi connectivity index (χ3v) is 3.87. The van der Waals surface area contributed by atoms with Crippen LogP contribution in [0.4, 0.5) is 0 Å². The molecule has 0 aromatic heterocycles. The highest BCUT2D eigenvalue weighted by molar-refractivity contribution is 5.56. The Hall–Kier alpha value is -0.570. The van der Waals surface area contributed by atoms with Crippen molar-refractivity contribution in [2.75, 3.05) is 20.3 Å². The highest BCUT2D eigenvalue weighted by Crippen LogP contribution is 2.17. The molecule has 1 aliphatic heterocycles. The van der Waals surface area contributed by atoms with Crippen LogP contribution in [0.25, 0.3) is 0 Å². The Kier molecular flexibility index (Phi) is 9.78. The van der Waals surface area contributed by atoms with Crippen molar-refractivity contribution in [3.8, 4) is 0 Å². The third-order valence-electron chi connectivity index (χ3n) is 3.87. The van der Waals surface area contributed by atoms with Crippen molar-refractivity contribution in [3.63, 3.8) is 0 Å². The molecule has 0 bridgehead atoms. The van der Waals surface area contributed by atoms with E-state index in [1.165, 1.54) is 57.8 Å². The Labute approximate surface area is 119 Å².